The summed E-state index contributed by atoms with van der Waals surface area (Å²) in [5.41, 5.74) is 1.86. The van der Waals surface area contributed by atoms with Crippen molar-refractivity contribution in [3.05, 3.63) is 56.7 Å². The molecule has 2 N–H and O–H groups in total. The van der Waals surface area contributed by atoms with E-state index >= 15 is 0 Å². The molecule has 1 rings (SSSR count). The summed E-state index contributed by atoms with van der Waals surface area (Å²) < 4.78 is 0. The summed E-state index contributed by atoms with van der Waals surface area (Å²) in [6, 6.07) is 7.54. The second-order valence-electron chi connectivity index (χ2n) is 3.79. The number of hydrogen-bond donors (Lipinski definition) is 2. The van der Waals surface area contributed by atoms with Crippen molar-refractivity contribution in [1.29, 1.82) is 0 Å². The second-order valence-corrected chi connectivity index (χ2v) is 4.64. The predicted octanol–water partition coefficient (Wildman–Crippen LogP) is 2.06. The summed E-state index contributed by atoms with van der Waals surface area (Å²) in [7, 11) is 0. The highest BCUT2D eigenvalue weighted by Gasteiger charge is 2.09. The van der Waals surface area contributed by atoms with E-state index in [0.29, 0.717) is 5.03 Å². The third kappa shape index (κ3) is 4.77. The molecule has 0 aliphatic heterocycles. The zero-order chi connectivity index (χ0) is 13.5. The molecule has 1 unspecified atom stereocenters. The minimum atomic E-state index is -0.688. The zero-order valence-electron chi connectivity index (χ0n) is 10.3. The molecule has 98 valence electrons. The minimum absolute atomic E-state index is 0.240. The standard InChI is InChI=1S/C12H16N2O3S/c1-9-4-3-5-10(6-9)11(15)7-13-12(18-2)8-14(16)17/h3-6,8,11,13,15H,7H2,1-2H3/b12-8-. The van der Waals surface area contributed by atoms with Crippen molar-refractivity contribution in [2.24, 2.45) is 0 Å². The van der Waals surface area contributed by atoms with Crippen LogP contribution in [0.2, 0.25) is 0 Å². The Bertz CT molecular complexity index is 449. The van der Waals surface area contributed by atoms with Gasteiger partial charge in [0.05, 0.1) is 11.0 Å². The number of nitro groups is 1. The highest BCUT2D eigenvalue weighted by Crippen LogP contribution is 2.15. The SMILES string of the molecule is CS/C(=C\[N+](=O)[O-])NCC(O)c1cccc(C)c1. The van der Waals surface area contributed by atoms with Gasteiger partial charge in [-0.15, -0.1) is 11.8 Å². The summed E-state index contributed by atoms with van der Waals surface area (Å²) in [6.07, 6.45) is 1.95. The van der Waals surface area contributed by atoms with E-state index in [4.69, 9.17) is 0 Å². The van der Waals surface area contributed by atoms with Gasteiger partial charge in [-0.05, 0) is 18.7 Å². The van der Waals surface area contributed by atoms with Gasteiger partial charge in [-0.1, -0.05) is 29.8 Å². The first-order valence-corrected chi connectivity index (χ1v) is 6.63. The van der Waals surface area contributed by atoms with Crippen LogP contribution in [0.1, 0.15) is 17.2 Å². The van der Waals surface area contributed by atoms with Crippen molar-refractivity contribution in [2.75, 3.05) is 12.8 Å². The Hall–Kier alpha value is -1.53. The van der Waals surface area contributed by atoms with Crippen molar-refractivity contribution in [2.45, 2.75) is 13.0 Å². The van der Waals surface area contributed by atoms with Crippen LogP contribution < -0.4 is 5.32 Å². The van der Waals surface area contributed by atoms with Gasteiger partial charge in [0, 0.05) is 6.54 Å². The van der Waals surface area contributed by atoms with Crippen molar-refractivity contribution >= 4 is 11.8 Å². The molecule has 0 heterocycles. The molecular formula is C12H16N2O3S. The first-order valence-electron chi connectivity index (χ1n) is 5.40. The Kier molecular flexibility index (Phi) is 5.67. The van der Waals surface area contributed by atoms with Gasteiger partial charge in [0.15, 0.2) is 0 Å². The highest BCUT2D eigenvalue weighted by atomic mass is 32.2. The number of nitrogens with one attached hydrogen (secondary N) is 1. The third-order valence-electron chi connectivity index (χ3n) is 2.34. The molecule has 6 heteroatoms. The lowest BCUT2D eigenvalue weighted by molar-refractivity contribution is -0.403. The quantitative estimate of drug-likeness (QED) is 0.610. The van der Waals surface area contributed by atoms with Crippen LogP contribution in [0.25, 0.3) is 0 Å². The van der Waals surface area contributed by atoms with E-state index in [1.165, 1.54) is 11.8 Å². The number of aliphatic hydroxyl groups is 1. The van der Waals surface area contributed by atoms with Crippen LogP contribution in [0.5, 0.6) is 0 Å². The first kappa shape index (κ1) is 14.5. The van der Waals surface area contributed by atoms with Crippen LogP contribution in [-0.2, 0) is 0 Å². The fourth-order valence-electron chi connectivity index (χ4n) is 1.46. The van der Waals surface area contributed by atoms with E-state index in [1.54, 1.807) is 6.26 Å². The topological polar surface area (TPSA) is 75.4 Å². The molecule has 0 radical (unpaired) electrons. The van der Waals surface area contributed by atoms with Crippen LogP contribution in [0.15, 0.2) is 35.5 Å². The van der Waals surface area contributed by atoms with Gasteiger partial charge in [0.25, 0.3) is 6.20 Å². The lowest BCUT2D eigenvalue weighted by atomic mass is 10.1. The van der Waals surface area contributed by atoms with E-state index in [9.17, 15) is 15.2 Å². The molecule has 0 aromatic heterocycles. The van der Waals surface area contributed by atoms with Crippen molar-refractivity contribution in [3.8, 4) is 0 Å². The fraction of sp³-hybridized carbons (Fsp3) is 0.333. The Balaban J connectivity index is 2.60. The number of nitrogens with zero attached hydrogens (tertiary/aromatic N) is 1. The monoisotopic (exact) mass is 268 g/mol. The normalized spacial score (nSPS) is 13.2. The third-order valence-corrected chi connectivity index (χ3v) is 3.03. The molecule has 1 aromatic rings. The maximum atomic E-state index is 10.3. The molecule has 0 fully saturated rings. The maximum absolute atomic E-state index is 10.3. The Labute approximate surface area is 110 Å². The zero-order valence-corrected chi connectivity index (χ0v) is 11.1. The fourth-order valence-corrected chi connectivity index (χ4v) is 1.88. The molecule has 0 amide bonds. The molecule has 1 aromatic carbocycles. The largest absolute Gasteiger partial charge is 0.387 e. The van der Waals surface area contributed by atoms with Crippen LogP contribution in [0.3, 0.4) is 0 Å². The molecule has 0 bridgehead atoms. The predicted molar refractivity (Wildman–Crippen MR) is 72.7 cm³/mol. The molecule has 5 nitrogen and oxygen atoms in total. The van der Waals surface area contributed by atoms with Crippen molar-refractivity contribution in [1.82, 2.24) is 5.32 Å². The van der Waals surface area contributed by atoms with E-state index in [0.717, 1.165) is 17.3 Å². The second kappa shape index (κ2) is 7.03. The molecule has 0 saturated carbocycles. The number of rotatable bonds is 6. The van der Waals surface area contributed by atoms with E-state index in [-0.39, 0.29) is 6.54 Å². The molecule has 0 aliphatic rings. The summed E-state index contributed by atoms with van der Waals surface area (Å²) in [6.45, 7) is 2.19. The van der Waals surface area contributed by atoms with Gasteiger partial charge in [0.2, 0.25) is 0 Å². The van der Waals surface area contributed by atoms with E-state index in [1.807, 2.05) is 31.2 Å². The molecule has 0 spiro atoms. The van der Waals surface area contributed by atoms with Gasteiger partial charge in [0.1, 0.15) is 5.03 Å². The Morgan fingerprint density at radius 3 is 2.94 bits per heavy atom. The lowest BCUT2D eigenvalue weighted by Gasteiger charge is -2.13. The summed E-state index contributed by atoms with van der Waals surface area (Å²) in [5.74, 6) is 0. The van der Waals surface area contributed by atoms with Gasteiger partial charge < -0.3 is 10.4 Å². The van der Waals surface area contributed by atoms with Crippen LogP contribution in [0.4, 0.5) is 0 Å². The van der Waals surface area contributed by atoms with E-state index < -0.39 is 11.0 Å². The molecule has 1 atom stereocenters. The highest BCUT2D eigenvalue weighted by molar-refractivity contribution is 8.02. The average Bonchev–Trinajstić information content (AvgIpc) is 2.33. The van der Waals surface area contributed by atoms with Crippen molar-refractivity contribution in [3.63, 3.8) is 0 Å². The van der Waals surface area contributed by atoms with Crippen LogP contribution in [-0.4, -0.2) is 22.8 Å². The average molecular weight is 268 g/mol. The van der Waals surface area contributed by atoms with Gasteiger partial charge >= 0.3 is 0 Å². The molecule has 0 saturated heterocycles. The molecular weight excluding hydrogens is 252 g/mol. The summed E-state index contributed by atoms with van der Waals surface area (Å²) in [4.78, 5) is 9.83. The minimum Gasteiger partial charge on any atom is -0.387 e. The van der Waals surface area contributed by atoms with Gasteiger partial charge in [-0.3, -0.25) is 10.1 Å². The lowest BCUT2D eigenvalue weighted by Crippen LogP contribution is -2.20. The Morgan fingerprint density at radius 2 is 2.39 bits per heavy atom. The first-order chi connectivity index (χ1) is 8.52. The van der Waals surface area contributed by atoms with Gasteiger partial charge in [-0.25, -0.2) is 0 Å². The van der Waals surface area contributed by atoms with Gasteiger partial charge in [-0.2, -0.15) is 0 Å². The summed E-state index contributed by atoms with van der Waals surface area (Å²) in [5, 5.41) is 23.6. The maximum Gasteiger partial charge on any atom is 0.263 e. The number of benzene rings is 1. The summed E-state index contributed by atoms with van der Waals surface area (Å²) >= 11 is 1.24. The smallest absolute Gasteiger partial charge is 0.263 e. The van der Waals surface area contributed by atoms with Crippen molar-refractivity contribution < 1.29 is 10.0 Å². The Morgan fingerprint density at radius 1 is 1.67 bits per heavy atom. The number of aryl methyl sites for hydroxylation is 1. The molecule has 0 aliphatic carbocycles. The van der Waals surface area contributed by atoms with Crippen LogP contribution in [0, 0.1) is 17.0 Å². The number of aliphatic hydroxyl groups excluding tert-OH is 1. The van der Waals surface area contributed by atoms with Crippen LogP contribution >= 0.6 is 11.8 Å². The molecule has 18 heavy (non-hydrogen) atoms. The number of hydrogen-bond acceptors (Lipinski definition) is 5. The number of thioether (sulfide) groups is 1. The van der Waals surface area contributed by atoms with E-state index in [2.05, 4.69) is 5.32 Å².